The van der Waals surface area contributed by atoms with Crippen molar-refractivity contribution in [3.8, 4) is 0 Å². The van der Waals surface area contributed by atoms with Crippen LogP contribution in [0.4, 0.5) is 0 Å². The van der Waals surface area contributed by atoms with E-state index in [1.807, 2.05) is 20.8 Å². The average Bonchev–Trinajstić information content (AvgIpc) is 2.56. The molecule has 108 valence electrons. The maximum Gasteiger partial charge on any atom is 0.246 e. The lowest BCUT2D eigenvalue weighted by Gasteiger charge is -2.14. The van der Waals surface area contributed by atoms with Crippen LogP contribution in [0.5, 0.6) is 0 Å². The van der Waals surface area contributed by atoms with Crippen molar-refractivity contribution < 1.29 is 14.4 Å². The first-order valence-electron chi connectivity index (χ1n) is 6.82. The average molecular weight is 269 g/mol. The topological polar surface area (TPSA) is 78.5 Å². The zero-order valence-corrected chi connectivity index (χ0v) is 11.9. The first-order chi connectivity index (χ1) is 8.95. The Morgan fingerprint density at radius 1 is 1.42 bits per heavy atom. The highest BCUT2D eigenvalue weighted by molar-refractivity contribution is 6.05. The van der Waals surface area contributed by atoms with Gasteiger partial charge in [0.1, 0.15) is 0 Å². The fourth-order valence-electron chi connectivity index (χ4n) is 2.06. The van der Waals surface area contributed by atoms with E-state index < -0.39 is 6.04 Å². The van der Waals surface area contributed by atoms with Crippen LogP contribution in [0, 0.1) is 0 Å². The molecule has 0 saturated carbocycles. The second-order valence-corrected chi connectivity index (χ2v) is 5.07. The van der Waals surface area contributed by atoms with Crippen molar-refractivity contribution in [1.29, 1.82) is 0 Å². The minimum Gasteiger partial charge on any atom is -0.354 e. The number of imide groups is 1. The molecule has 1 unspecified atom stereocenters. The molecule has 2 N–H and O–H groups in total. The summed E-state index contributed by atoms with van der Waals surface area (Å²) in [5.74, 6) is -0.350. The second kappa shape index (κ2) is 7.23. The highest BCUT2D eigenvalue weighted by Gasteiger charge is 2.37. The highest BCUT2D eigenvalue weighted by Crippen LogP contribution is 2.13. The van der Waals surface area contributed by atoms with Crippen LogP contribution in [0.1, 0.15) is 40.0 Å². The van der Waals surface area contributed by atoms with Crippen LogP contribution < -0.4 is 10.6 Å². The van der Waals surface area contributed by atoms with E-state index in [4.69, 9.17) is 0 Å². The Balaban J connectivity index is 2.33. The number of amides is 3. The summed E-state index contributed by atoms with van der Waals surface area (Å²) >= 11 is 0. The number of carbonyl (C=O) groups is 3. The van der Waals surface area contributed by atoms with Gasteiger partial charge < -0.3 is 10.6 Å². The standard InChI is InChI=1S/C13H23N3O3/c1-4-7-16-12(18)8-10(13(16)19)14-6-5-11(17)15-9(2)3/h9-10,14H,4-8H2,1-3H3,(H,15,17). The Kier molecular flexibility index (Phi) is 5.95. The van der Waals surface area contributed by atoms with Gasteiger partial charge in [-0.15, -0.1) is 0 Å². The van der Waals surface area contributed by atoms with Gasteiger partial charge >= 0.3 is 0 Å². The van der Waals surface area contributed by atoms with Crippen molar-refractivity contribution in [3.05, 3.63) is 0 Å². The third-order valence-corrected chi connectivity index (χ3v) is 2.88. The molecular formula is C13H23N3O3. The molecule has 1 heterocycles. The second-order valence-electron chi connectivity index (χ2n) is 5.07. The van der Waals surface area contributed by atoms with Crippen molar-refractivity contribution in [3.63, 3.8) is 0 Å². The summed E-state index contributed by atoms with van der Waals surface area (Å²) in [5, 5.41) is 5.76. The van der Waals surface area contributed by atoms with Gasteiger partial charge in [0.25, 0.3) is 0 Å². The Labute approximate surface area is 113 Å². The van der Waals surface area contributed by atoms with E-state index in [2.05, 4.69) is 10.6 Å². The van der Waals surface area contributed by atoms with Crippen LogP contribution in [-0.4, -0.2) is 47.8 Å². The quantitative estimate of drug-likeness (QED) is 0.639. The molecule has 1 fully saturated rings. The number of rotatable bonds is 7. The summed E-state index contributed by atoms with van der Waals surface area (Å²) in [6, 6.07) is -0.354. The van der Waals surface area contributed by atoms with E-state index in [1.165, 1.54) is 4.90 Å². The lowest BCUT2D eigenvalue weighted by Crippen LogP contribution is -2.41. The molecule has 1 aliphatic heterocycles. The number of hydrogen-bond donors (Lipinski definition) is 2. The number of carbonyl (C=O) groups excluding carboxylic acids is 3. The molecule has 1 aliphatic rings. The van der Waals surface area contributed by atoms with E-state index in [0.717, 1.165) is 6.42 Å². The Morgan fingerprint density at radius 2 is 2.11 bits per heavy atom. The molecule has 0 aromatic carbocycles. The molecule has 1 atom stereocenters. The van der Waals surface area contributed by atoms with Gasteiger partial charge in [-0.25, -0.2) is 0 Å². The van der Waals surface area contributed by atoms with Gasteiger partial charge in [0, 0.05) is 25.6 Å². The molecule has 6 heteroatoms. The van der Waals surface area contributed by atoms with Crippen LogP contribution in [0.25, 0.3) is 0 Å². The summed E-state index contributed by atoms with van der Waals surface area (Å²) in [4.78, 5) is 36.2. The van der Waals surface area contributed by atoms with Crippen molar-refractivity contribution in [1.82, 2.24) is 15.5 Å². The third kappa shape index (κ3) is 4.63. The SMILES string of the molecule is CCCN1C(=O)CC(NCCC(=O)NC(C)C)C1=O. The first kappa shape index (κ1) is 15.6. The molecule has 1 saturated heterocycles. The minimum atomic E-state index is -0.467. The summed E-state index contributed by atoms with van der Waals surface area (Å²) in [5.41, 5.74) is 0. The molecule has 6 nitrogen and oxygen atoms in total. The molecular weight excluding hydrogens is 246 g/mol. The predicted octanol–water partition coefficient (Wildman–Crippen LogP) is 0.0282. The highest BCUT2D eigenvalue weighted by atomic mass is 16.2. The predicted molar refractivity (Wildman–Crippen MR) is 71.3 cm³/mol. The summed E-state index contributed by atoms with van der Waals surface area (Å²) in [6.45, 7) is 6.60. The Bertz CT molecular complexity index is 355. The first-order valence-corrected chi connectivity index (χ1v) is 6.82. The summed E-state index contributed by atoms with van der Waals surface area (Å²) < 4.78 is 0. The van der Waals surface area contributed by atoms with Gasteiger partial charge in [0.2, 0.25) is 17.7 Å². The van der Waals surface area contributed by atoms with Crippen molar-refractivity contribution in [2.24, 2.45) is 0 Å². The number of hydrogen-bond acceptors (Lipinski definition) is 4. The molecule has 19 heavy (non-hydrogen) atoms. The van der Waals surface area contributed by atoms with E-state index in [9.17, 15) is 14.4 Å². The number of likely N-dealkylation sites (tertiary alicyclic amines) is 1. The fourth-order valence-corrected chi connectivity index (χ4v) is 2.06. The van der Waals surface area contributed by atoms with Crippen LogP contribution in [0.2, 0.25) is 0 Å². The molecule has 0 radical (unpaired) electrons. The molecule has 3 amide bonds. The van der Waals surface area contributed by atoms with E-state index >= 15 is 0 Å². The molecule has 1 rings (SSSR count). The maximum absolute atomic E-state index is 11.9. The number of nitrogens with zero attached hydrogens (tertiary/aromatic N) is 1. The molecule has 0 spiro atoms. The van der Waals surface area contributed by atoms with Crippen molar-refractivity contribution in [2.45, 2.75) is 52.1 Å². The van der Waals surface area contributed by atoms with Gasteiger partial charge in [0.15, 0.2) is 0 Å². The Morgan fingerprint density at radius 3 is 2.68 bits per heavy atom. The molecule has 0 aromatic rings. The van der Waals surface area contributed by atoms with Gasteiger partial charge in [-0.1, -0.05) is 6.92 Å². The van der Waals surface area contributed by atoms with Crippen molar-refractivity contribution >= 4 is 17.7 Å². The lowest BCUT2D eigenvalue weighted by atomic mass is 10.2. The molecule has 0 bridgehead atoms. The smallest absolute Gasteiger partial charge is 0.246 e. The third-order valence-electron chi connectivity index (χ3n) is 2.88. The minimum absolute atomic E-state index is 0.0512. The summed E-state index contributed by atoms with van der Waals surface area (Å²) in [7, 11) is 0. The van der Waals surface area contributed by atoms with E-state index in [1.54, 1.807) is 0 Å². The van der Waals surface area contributed by atoms with Crippen LogP contribution >= 0.6 is 0 Å². The lowest BCUT2D eigenvalue weighted by molar-refractivity contribution is -0.139. The van der Waals surface area contributed by atoms with Gasteiger partial charge in [-0.3, -0.25) is 19.3 Å². The maximum atomic E-state index is 11.9. The molecule has 0 aliphatic carbocycles. The zero-order valence-electron chi connectivity index (χ0n) is 11.9. The van der Waals surface area contributed by atoms with E-state index in [-0.39, 0.29) is 30.2 Å². The summed E-state index contributed by atoms with van der Waals surface area (Å²) in [6.07, 6.45) is 1.27. The van der Waals surface area contributed by atoms with Gasteiger partial charge in [-0.2, -0.15) is 0 Å². The fraction of sp³-hybridized carbons (Fsp3) is 0.769. The van der Waals surface area contributed by atoms with Crippen LogP contribution in [0.15, 0.2) is 0 Å². The normalized spacial score (nSPS) is 19.4. The van der Waals surface area contributed by atoms with Crippen LogP contribution in [-0.2, 0) is 14.4 Å². The zero-order chi connectivity index (χ0) is 14.4. The van der Waals surface area contributed by atoms with E-state index in [0.29, 0.717) is 19.5 Å². The van der Waals surface area contributed by atoms with Crippen molar-refractivity contribution in [2.75, 3.05) is 13.1 Å². The largest absolute Gasteiger partial charge is 0.354 e. The molecule has 0 aromatic heterocycles. The van der Waals surface area contributed by atoms with Crippen LogP contribution in [0.3, 0.4) is 0 Å². The number of nitrogens with one attached hydrogen (secondary N) is 2. The Hall–Kier alpha value is -1.43. The van der Waals surface area contributed by atoms with Gasteiger partial charge in [0.05, 0.1) is 12.5 Å². The monoisotopic (exact) mass is 269 g/mol. The van der Waals surface area contributed by atoms with Gasteiger partial charge in [-0.05, 0) is 20.3 Å².